The van der Waals surface area contributed by atoms with E-state index >= 15 is 0 Å². The van der Waals surface area contributed by atoms with Gasteiger partial charge in [-0.15, -0.1) is 0 Å². The lowest BCUT2D eigenvalue weighted by atomic mass is 10.1. The summed E-state index contributed by atoms with van der Waals surface area (Å²) in [5, 5.41) is 15.4. The van der Waals surface area contributed by atoms with Gasteiger partial charge in [-0.3, -0.25) is 4.90 Å². The second-order valence-electron chi connectivity index (χ2n) is 8.54. The molecule has 1 aromatic heterocycles. The van der Waals surface area contributed by atoms with E-state index in [-0.39, 0.29) is 6.04 Å². The molecule has 6 nitrogen and oxygen atoms in total. The molecule has 0 amide bonds. The van der Waals surface area contributed by atoms with Crippen LogP contribution >= 0.6 is 0 Å². The van der Waals surface area contributed by atoms with Gasteiger partial charge in [-0.05, 0) is 39.3 Å². The Kier molecular flexibility index (Phi) is 9.06. The number of benzene rings is 2. The zero-order valence-electron chi connectivity index (χ0n) is 20.5. The van der Waals surface area contributed by atoms with Gasteiger partial charge in [-0.25, -0.2) is 4.68 Å². The van der Waals surface area contributed by atoms with Crippen LogP contribution < -0.4 is 4.74 Å². The summed E-state index contributed by atoms with van der Waals surface area (Å²) in [4.78, 5) is 2.29. The minimum absolute atomic E-state index is 0.275. The molecule has 0 bridgehead atoms. The van der Waals surface area contributed by atoms with Crippen LogP contribution in [0.25, 0.3) is 11.3 Å². The van der Waals surface area contributed by atoms with Crippen molar-refractivity contribution in [3.63, 3.8) is 0 Å². The zero-order chi connectivity index (χ0) is 23.8. The van der Waals surface area contributed by atoms with Crippen molar-refractivity contribution in [2.45, 2.75) is 52.8 Å². The molecule has 1 N–H and O–H groups in total. The van der Waals surface area contributed by atoms with Gasteiger partial charge in [0, 0.05) is 38.3 Å². The third kappa shape index (κ3) is 6.67. The molecule has 33 heavy (non-hydrogen) atoms. The molecule has 3 rings (SSSR count). The molecule has 0 aliphatic carbocycles. The van der Waals surface area contributed by atoms with Gasteiger partial charge in [0.1, 0.15) is 11.4 Å². The van der Waals surface area contributed by atoms with Crippen molar-refractivity contribution in [1.82, 2.24) is 14.7 Å². The van der Waals surface area contributed by atoms with Gasteiger partial charge in [0.25, 0.3) is 0 Å². The third-order valence-corrected chi connectivity index (χ3v) is 5.91. The maximum atomic E-state index is 10.6. The molecule has 178 valence electrons. The van der Waals surface area contributed by atoms with Crippen molar-refractivity contribution >= 4 is 0 Å². The number of nitrogens with zero attached hydrogens (tertiary/aromatic N) is 3. The zero-order valence-corrected chi connectivity index (χ0v) is 20.5. The van der Waals surface area contributed by atoms with E-state index in [1.807, 2.05) is 61.1 Å². The lowest BCUT2D eigenvalue weighted by molar-refractivity contribution is 0.0112. The third-order valence-electron chi connectivity index (χ3n) is 5.91. The summed E-state index contributed by atoms with van der Waals surface area (Å²) in [5.41, 5.74) is 4.13. The van der Waals surface area contributed by atoms with E-state index in [0.29, 0.717) is 32.2 Å². The summed E-state index contributed by atoms with van der Waals surface area (Å²) >= 11 is 0. The van der Waals surface area contributed by atoms with Crippen molar-refractivity contribution in [3.8, 4) is 22.9 Å². The molecule has 0 radical (unpaired) electrons. The second-order valence-corrected chi connectivity index (χ2v) is 8.54. The lowest BCUT2D eigenvalue weighted by Crippen LogP contribution is -2.40. The molecule has 0 unspecified atom stereocenters. The number of aliphatic hydroxyl groups is 1. The first-order valence-electron chi connectivity index (χ1n) is 11.8. The first-order chi connectivity index (χ1) is 15.9. The summed E-state index contributed by atoms with van der Waals surface area (Å²) < 4.78 is 13.6. The first kappa shape index (κ1) is 25.0. The standard InChI is InChI=1S/C27H37N3O3/c1-6-21(4)30(17-23(31)19-32-7-2)18-25-26(22-11-9-8-10-12-22)28-29(5)27(25)33-24-15-13-20(3)14-16-24/h8-16,21,23,31H,6-7,17-19H2,1-5H3/t21-,23-/m1/s1. The molecule has 0 spiro atoms. The van der Waals surface area contributed by atoms with Crippen LogP contribution in [0.3, 0.4) is 0 Å². The Bertz CT molecular complexity index is 986. The highest BCUT2D eigenvalue weighted by atomic mass is 16.5. The fourth-order valence-corrected chi connectivity index (χ4v) is 3.81. The molecule has 0 aliphatic heterocycles. The summed E-state index contributed by atoms with van der Waals surface area (Å²) in [6, 6.07) is 18.5. The Labute approximate surface area is 197 Å². The van der Waals surface area contributed by atoms with Gasteiger partial charge < -0.3 is 14.6 Å². The van der Waals surface area contributed by atoms with Crippen LogP contribution in [0.15, 0.2) is 54.6 Å². The molecule has 3 aromatic rings. The van der Waals surface area contributed by atoms with E-state index in [1.165, 1.54) is 5.56 Å². The summed E-state index contributed by atoms with van der Waals surface area (Å²) in [5.74, 6) is 1.49. The van der Waals surface area contributed by atoms with Gasteiger partial charge in [0.15, 0.2) is 0 Å². The quantitative estimate of drug-likeness (QED) is 0.411. The molecule has 6 heteroatoms. The Morgan fingerprint density at radius 2 is 1.76 bits per heavy atom. The molecular formula is C27H37N3O3. The van der Waals surface area contributed by atoms with Crippen LogP contribution in [-0.2, 0) is 18.3 Å². The highest BCUT2D eigenvalue weighted by molar-refractivity contribution is 5.65. The van der Waals surface area contributed by atoms with E-state index in [1.54, 1.807) is 0 Å². The highest BCUT2D eigenvalue weighted by Gasteiger charge is 2.25. The SMILES string of the molecule is CCOC[C@H](O)CN(Cc1c(-c2ccccc2)nn(C)c1Oc1ccc(C)cc1)[C@H](C)CC. The molecule has 0 aliphatic rings. The van der Waals surface area contributed by atoms with Crippen molar-refractivity contribution in [1.29, 1.82) is 0 Å². The van der Waals surface area contributed by atoms with Gasteiger partial charge in [0.2, 0.25) is 5.88 Å². The van der Waals surface area contributed by atoms with Crippen molar-refractivity contribution in [2.75, 3.05) is 19.8 Å². The average molecular weight is 452 g/mol. The van der Waals surface area contributed by atoms with E-state index in [2.05, 4.69) is 37.8 Å². The van der Waals surface area contributed by atoms with Crippen LogP contribution in [-0.4, -0.2) is 51.7 Å². The monoisotopic (exact) mass is 451 g/mol. The maximum absolute atomic E-state index is 10.6. The van der Waals surface area contributed by atoms with Gasteiger partial charge >= 0.3 is 0 Å². The minimum atomic E-state index is -0.558. The van der Waals surface area contributed by atoms with Gasteiger partial charge in [0.05, 0.1) is 18.3 Å². The van der Waals surface area contributed by atoms with Crippen LogP contribution in [0.1, 0.15) is 38.3 Å². The Balaban J connectivity index is 1.99. The number of ether oxygens (including phenoxy) is 2. The molecule has 2 atom stereocenters. The van der Waals surface area contributed by atoms with Crippen LogP contribution in [0.4, 0.5) is 0 Å². The Hall–Kier alpha value is -2.67. The molecular weight excluding hydrogens is 414 g/mol. The van der Waals surface area contributed by atoms with Gasteiger partial charge in [-0.1, -0.05) is 55.0 Å². The normalized spacial score (nSPS) is 13.3. The predicted octanol–water partition coefficient (Wildman–Crippen LogP) is 5.19. The summed E-state index contributed by atoms with van der Waals surface area (Å²) in [6.45, 7) is 10.4. The molecule has 0 saturated heterocycles. The van der Waals surface area contributed by atoms with Crippen LogP contribution in [0.5, 0.6) is 11.6 Å². The smallest absolute Gasteiger partial charge is 0.222 e. The van der Waals surface area contributed by atoms with Crippen molar-refractivity contribution in [3.05, 3.63) is 65.7 Å². The average Bonchev–Trinajstić information content (AvgIpc) is 3.13. The molecule has 2 aromatic carbocycles. The van der Waals surface area contributed by atoms with Crippen LogP contribution in [0, 0.1) is 6.92 Å². The summed E-state index contributed by atoms with van der Waals surface area (Å²) in [7, 11) is 1.91. The van der Waals surface area contributed by atoms with E-state index < -0.39 is 6.10 Å². The minimum Gasteiger partial charge on any atom is -0.439 e. The predicted molar refractivity (Wildman–Crippen MR) is 133 cm³/mol. The Morgan fingerprint density at radius 3 is 2.39 bits per heavy atom. The molecule has 1 heterocycles. The summed E-state index contributed by atoms with van der Waals surface area (Å²) in [6.07, 6.45) is 0.411. The number of aromatic nitrogens is 2. The highest BCUT2D eigenvalue weighted by Crippen LogP contribution is 2.34. The van der Waals surface area contributed by atoms with Gasteiger partial charge in [-0.2, -0.15) is 5.10 Å². The number of hydrogen-bond acceptors (Lipinski definition) is 5. The van der Waals surface area contributed by atoms with E-state index in [4.69, 9.17) is 14.6 Å². The van der Waals surface area contributed by atoms with E-state index in [0.717, 1.165) is 29.0 Å². The number of rotatable bonds is 12. The number of aryl methyl sites for hydroxylation is 2. The van der Waals surface area contributed by atoms with Crippen molar-refractivity contribution < 1.29 is 14.6 Å². The molecule has 0 fully saturated rings. The molecule has 0 saturated carbocycles. The fraction of sp³-hybridized carbons (Fsp3) is 0.444. The second kappa shape index (κ2) is 12.0. The van der Waals surface area contributed by atoms with Crippen LogP contribution in [0.2, 0.25) is 0 Å². The number of hydrogen-bond donors (Lipinski definition) is 1. The Morgan fingerprint density at radius 1 is 1.06 bits per heavy atom. The lowest BCUT2D eigenvalue weighted by Gasteiger charge is -2.30. The maximum Gasteiger partial charge on any atom is 0.222 e. The fourth-order valence-electron chi connectivity index (χ4n) is 3.81. The number of aliphatic hydroxyl groups excluding tert-OH is 1. The van der Waals surface area contributed by atoms with Crippen molar-refractivity contribution in [2.24, 2.45) is 7.05 Å². The topological polar surface area (TPSA) is 59.8 Å². The first-order valence-corrected chi connectivity index (χ1v) is 11.8. The largest absolute Gasteiger partial charge is 0.439 e. The van der Waals surface area contributed by atoms with E-state index in [9.17, 15) is 5.11 Å².